The Balaban J connectivity index is 1.95. The van der Waals surface area contributed by atoms with Crippen LogP contribution in [-0.4, -0.2) is 5.75 Å². The summed E-state index contributed by atoms with van der Waals surface area (Å²) in [5.74, 6) is 1.04. The van der Waals surface area contributed by atoms with E-state index in [1.54, 1.807) is 0 Å². The number of nitrogens with zero attached hydrogens (tertiary/aromatic N) is 1. The van der Waals surface area contributed by atoms with E-state index in [4.69, 9.17) is 5.73 Å². The van der Waals surface area contributed by atoms with Crippen molar-refractivity contribution in [1.29, 1.82) is 0 Å². The first-order chi connectivity index (χ1) is 9.36. The summed E-state index contributed by atoms with van der Waals surface area (Å²) in [6, 6.07) is 4.23. The number of rotatable bonds is 11. The molecule has 0 aliphatic heterocycles. The smallest absolute Gasteiger partial charge is 0.169 e. The third-order valence-electron chi connectivity index (χ3n) is 3.52. The Hall–Kier alpha value is -0.540. The van der Waals surface area contributed by atoms with E-state index in [1.165, 1.54) is 56.9 Å². The average molecular weight is 281 g/mol. The van der Waals surface area contributed by atoms with Gasteiger partial charge in [0.05, 0.1) is 0 Å². The summed E-state index contributed by atoms with van der Waals surface area (Å²) in [6.07, 6.45) is 15.1. The van der Waals surface area contributed by atoms with E-state index in [0.717, 1.165) is 12.3 Å². The van der Waals surface area contributed by atoms with E-state index >= 15 is 0 Å². The Bertz CT molecular complexity index is 311. The standard InChI is InChI=1S/C16H28N2S/c17-15-16-9-12-18(13-10-16)11-7-5-3-1-2-4-6-8-14-19/h9-10,12-13H,1-8,11,14-15,17H2/p+1. The molecule has 0 atom stereocenters. The van der Waals surface area contributed by atoms with E-state index < -0.39 is 0 Å². The lowest BCUT2D eigenvalue weighted by atomic mass is 10.1. The number of unbranched alkanes of at least 4 members (excludes halogenated alkanes) is 7. The molecule has 0 unspecified atom stereocenters. The number of nitrogens with two attached hydrogens (primary N) is 1. The quantitative estimate of drug-likeness (QED) is 0.363. The van der Waals surface area contributed by atoms with Crippen molar-refractivity contribution >= 4 is 12.6 Å². The van der Waals surface area contributed by atoms with Gasteiger partial charge in [0.2, 0.25) is 0 Å². The molecule has 1 aromatic heterocycles. The number of thiol groups is 1. The van der Waals surface area contributed by atoms with Gasteiger partial charge in [-0.25, -0.2) is 4.57 Å². The molecule has 0 bridgehead atoms. The van der Waals surface area contributed by atoms with Gasteiger partial charge in [-0.05, 0) is 24.2 Å². The van der Waals surface area contributed by atoms with Gasteiger partial charge in [-0.3, -0.25) is 0 Å². The van der Waals surface area contributed by atoms with Crippen LogP contribution < -0.4 is 10.3 Å². The summed E-state index contributed by atoms with van der Waals surface area (Å²) in [7, 11) is 0. The minimum atomic E-state index is 0.633. The lowest BCUT2D eigenvalue weighted by Gasteiger charge is -2.01. The number of hydrogen-bond acceptors (Lipinski definition) is 2. The number of hydrogen-bond donors (Lipinski definition) is 2. The van der Waals surface area contributed by atoms with Crippen LogP contribution in [0, 0.1) is 0 Å². The summed E-state index contributed by atoms with van der Waals surface area (Å²) in [6.45, 7) is 1.76. The van der Waals surface area contributed by atoms with Crippen molar-refractivity contribution in [2.75, 3.05) is 5.75 Å². The van der Waals surface area contributed by atoms with Gasteiger partial charge in [0.1, 0.15) is 6.54 Å². The van der Waals surface area contributed by atoms with Crippen LogP contribution in [0.15, 0.2) is 24.5 Å². The molecule has 1 aromatic rings. The topological polar surface area (TPSA) is 29.9 Å². The van der Waals surface area contributed by atoms with Gasteiger partial charge in [0.25, 0.3) is 0 Å². The summed E-state index contributed by atoms with van der Waals surface area (Å²) in [4.78, 5) is 0. The predicted molar refractivity (Wildman–Crippen MR) is 85.3 cm³/mol. The van der Waals surface area contributed by atoms with Gasteiger partial charge in [0.15, 0.2) is 12.4 Å². The highest BCUT2D eigenvalue weighted by atomic mass is 32.1. The third kappa shape index (κ3) is 8.27. The predicted octanol–water partition coefficient (Wildman–Crippen LogP) is 3.48. The third-order valence-corrected chi connectivity index (χ3v) is 3.84. The molecular weight excluding hydrogens is 252 g/mol. The van der Waals surface area contributed by atoms with Crippen LogP contribution in [0.5, 0.6) is 0 Å². The molecule has 108 valence electrons. The first-order valence-electron chi connectivity index (χ1n) is 7.65. The molecule has 0 aromatic carbocycles. The van der Waals surface area contributed by atoms with Crippen molar-refractivity contribution in [3.05, 3.63) is 30.1 Å². The minimum Gasteiger partial charge on any atom is -0.326 e. The highest BCUT2D eigenvalue weighted by Crippen LogP contribution is 2.08. The van der Waals surface area contributed by atoms with Crippen molar-refractivity contribution in [3.63, 3.8) is 0 Å². The molecule has 0 radical (unpaired) electrons. The number of aromatic nitrogens is 1. The molecule has 0 saturated carbocycles. The van der Waals surface area contributed by atoms with Crippen LogP contribution in [0.2, 0.25) is 0 Å². The van der Waals surface area contributed by atoms with Crippen molar-refractivity contribution in [2.24, 2.45) is 5.73 Å². The van der Waals surface area contributed by atoms with E-state index in [2.05, 4.69) is 41.7 Å². The number of aryl methyl sites for hydroxylation is 1. The van der Waals surface area contributed by atoms with Crippen molar-refractivity contribution < 1.29 is 4.57 Å². The second-order valence-electron chi connectivity index (χ2n) is 5.20. The van der Waals surface area contributed by atoms with E-state index in [-0.39, 0.29) is 0 Å². The van der Waals surface area contributed by atoms with Crippen LogP contribution in [0.4, 0.5) is 0 Å². The van der Waals surface area contributed by atoms with Crippen LogP contribution >= 0.6 is 12.6 Å². The molecule has 0 aliphatic carbocycles. The van der Waals surface area contributed by atoms with Crippen LogP contribution in [0.1, 0.15) is 56.9 Å². The summed E-state index contributed by atoms with van der Waals surface area (Å²) in [5.41, 5.74) is 6.79. The maximum Gasteiger partial charge on any atom is 0.169 e. The molecule has 2 nitrogen and oxygen atoms in total. The number of pyridine rings is 1. The van der Waals surface area contributed by atoms with Gasteiger partial charge in [-0.15, -0.1) is 0 Å². The van der Waals surface area contributed by atoms with E-state index in [9.17, 15) is 0 Å². The highest BCUT2D eigenvalue weighted by Gasteiger charge is 2.00. The summed E-state index contributed by atoms with van der Waals surface area (Å²) >= 11 is 4.23. The SMILES string of the molecule is NCc1cc[n+](CCCCCCCCCCS)cc1. The van der Waals surface area contributed by atoms with Crippen molar-refractivity contribution in [1.82, 2.24) is 0 Å². The normalized spacial score (nSPS) is 10.8. The first-order valence-corrected chi connectivity index (χ1v) is 8.29. The molecule has 0 spiro atoms. The fourth-order valence-corrected chi connectivity index (χ4v) is 2.46. The molecule has 0 fully saturated rings. The van der Waals surface area contributed by atoms with Gasteiger partial charge in [0, 0.05) is 25.1 Å². The van der Waals surface area contributed by atoms with Crippen LogP contribution in [0.25, 0.3) is 0 Å². The van der Waals surface area contributed by atoms with E-state index in [1.807, 2.05) is 0 Å². The lowest BCUT2D eigenvalue weighted by Crippen LogP contribution is -2.32. The minimum absolute atomic E-state index is 0.633. The second kappa shape index (κ2) is 11.3. The molecule has 0 aliphatic rings. The van der Waals surface area contributed by atoms with E-state index in [0.29, 0.717) is 6.54 Å². The largest absolute Gasteiger partial charge is 0.326 e. The first kappa shape index (κ1) is 16.5. The van der Waals surface area contributed by atoms with Crippen molar-refractivity contribution in [3.8, 4) is 0 Å². The van der Waals surface area contributed by atoms with Gasteiger partial charge in [-0.1, -0.05) is 32.1 Å². The van der Waals surface area contributed by atoms with Crippen molar-refractivity contribution in [2.45, 2.75) is 64.5 Å². The van der Waals surface area contributed by atoms with Gasteiger partial charge >= 0.3 is 0 Å². The molecule has 2 N–H and O–H groups in total. The molecule has 0 saturated heterocycles. The lowest BCUT2D eigenvalue weighted by molar-refractivity contribution is -0.697. The van der Waals surface area contributed by atoms with Crippen LogP contribution in [-0.2, 0) is 13.1 Å². The van der Waals surface area contributed by atoms with Gasteiger partial charge < -0.3 is 5.73 Å². The van der Waals surface area contributed by atoms with Crippen LogP contribution in [0.3, 0.4) is 0 Å². The zero-order valence-electron chi connectivity index (χ0n) is 12.1. The Kier molecular flexibility index (Phi) is 9.82. The molecule has 3 heteroatoms. The molecule has 1 heterocycles. The Morgan fingerprint density at radius 1 is 0.842 bits per heavy atom. The van der Waals surface area contributed by atoms with Gasteiger partial charge in [-0.2, -0.15) is 12.6 Å². The zero-order chi connectivity index (χ0) is 13.8. The fraction of sp³-hybridized carbons (Fsp3) is 0.688. The Morgan fingerprint density at radius 3 is 1.89 bits per heavy atom. The zero-order valence-corrected chi connectivity index (χ0v) is 13.0. The maximum atomic E-state index is 5.58. The molecule has 0 amide bonds. The Labute approximate surface area is 123 Å². The highest BCUT2D eigenvalue weighted by molar-refractivity contribution is 7.80. The molecule has 19 heavy (non-hydrogen) atoms. The fourth-order valence-electron chi connectivity index (χ4n) is 2.24. The maximum absolute atomic E-state index is 5.58. The molecular formula is C16H29N2S+. The molecule has 1 rings (SSSR count). The summed E-state index contributed by atoms with van der Waals surface area (Å²) in [5, 5.41) is 0. The summed E-state index contributed by atoms with van der Waals surface area (Å²) < 4.78 is 2.26. The second-order valence-corrected chi connectivity index (χ2v) is 5.65. The Morgan fingerprint density at radius 2 is 1.37 bits per heavy atom. The average Bonchev–Trinajstić information content (AvgIpc) is 2.46. The monoisotopic (exact) mass is 281 g/mol.